The second-order valence-corrected chi connectivity index (χ2v) is 6.03. The zero-order valence-electron chi connectivity index (χ0n) is 15.4. The van der Waals surface area contributed by atoms with Crippen LogP contribution in [0.1, 0.15) is 5.56 Å². The van der Waals surface area contributed by atoms with Crippen molar-refractivity contribution < 1.29 is 27.5 Å². The van der Waals surface area contributed by atoms with Gasteiger partial charge in [0.05, 0.1) is 17.8 Å². The molecule has 0 aliphatic carbocycles. The summed E-state index contributed by atoms with van der Waals surface area (Å²) in [7, 11) is 0. The van der Waals surface area contributed by atoms with Gasteiger partial charge in [0.15, 0.2) is 6.61 Å². The van der Waals surface area contributed by atoms with E-state index in [1.807, 2.05) is 0 Å². The molecule has 0 radical (unpaired) electrons. The highest BCUT2D eigenvalue weighted by molar-refractivity contribution is 5.94. The van der Waals surface area contributed by atoms with Crippen LogP contribution >= 0.6 is 0 Å². The molecular formula is C19H16F3N5O3. The van der Waals surface area contributed by atoms with E-state index in [0.29, 0.717) is 5.69 Å². The fraction of sp³-hybridized carbons (Fsp3) is 0.158. The maximum atomic E-state index is 12.7. The molecular weight excluding hydrogens is 403 g/mol. The maximum Gasteiger partial charge on any atom is 0.416 e. The summed E-state index contributed by atoms with van der Waals surface area (Å²) in [5.41, 5.74) is 0.387. The molecule has 0 atom stereocenters. The van der Waals surface area contributed by atoms with Gasteiger partial charge >= 0.3 is 6.18 Å². The van der Waals surface area contributed by atoms with Crippen LogP contribution in [0.5, 0.6) is 5.75 Å². The highest BCUT2D eigenvalue weighted by Gasteiger charge is 2.30. The third-order valence-corrected chi connectivity index (χ3v) is 3.81. The standard InChI is InChI=1S/C19H16F3N5O3/c20-19(21,22)13-2-1-3-16(8-13)30-10-18(29)24-9-17(28)26-14-4-6-15(7-5-14)27-12-23-11-25-27/h1-8,11-12H,9-10H2,(H,24,29)(H,26,28). The Morgan fingerprint density at radius 2 is 1.83 bits per heavy atom. The number of ether oxygens (including phenoxy) is 1. The predicted octanol–water partition coefficient (Wildman–Crippen LogP) is 2.42. The molecule has 3 rings (SSSR count). The quantitative estimate of drug-likeness (QED) is 0.613. The Morgan fingerprint density at radius 3 is 2.50 bits per heavy atom. The van der Waals surface area contributed by atoms with Crippen molar-refractivity contribution in [1.82, 2.24) is 20.1 Å². The first-order valence-corrected chi connectivity index (χ1v) is 8.63. The van der Waals surface area contributed by atoms with Gasteiger partial charge in [0.25, 0.3) is 5.91 Å². The van der Waals surface area contributed by atoms with E-state index in [2.05, 4.69) is 20.7 Å². The molecule has 0 aliphatic rings. The van der Waals surface area contributed by atoms with E-state index in [1.165, 1.54) is 24.8 Å². The van der Waals surface area contributed by atoms with Crippen molar-refractivity contribution in [2.45, 2.75) is 6.18 Å². The number of rotatable bonds is 7. The number of hydrogen-bond donors (Lipinski definition) is 2. The van der Waals surface area contributed by atoms with Gasteiger partial charge in [-0.15, -0.1) is 0 Å². The number of nitrogens with one attached hydrogen (secondary N) is 2. The molecule has 0 saturated heterocycles. The first-order valence-electron chi connectivity index (χ1n) is 8.63. The van der Waals surface area contributed by atoms with Crippen LogP contribution in [0.4, 0.5) is 18.9 Å². The lowest BCUT2D eigenvalue weighted by Gasteiger charge is -2.11. The Hall–Kier alpha value is -3.89. The van der Waals surface area contributed by atoms with Gasteiger partial charge in [-0.05, 0) is 42.5 Å². The summed E-state index contributed by atoms with van der Waals surface area (Å²) in [5.74, 6) is -1.23. The van der Waals surface area contributed by atoms with Crippen molar-refractivity contribution in [1.29, 1.82) is 0 Å². The summed E-state index contributed by atoms with van der Waals surface area (Å²) in [4.78, 5) is 27.6. The number of amides is 2. The average molecular weight is 419 g/mol. The summed E-state index contributed by atoms with van der Waals surface area (Å²) >= 11 is 0. The van der Waals surface area contributed by atoms with Crippen LogP contribution < -0.4 is 15.4 Å². The van der Waals surface area contributed by atoms with E-state index in [4.69, 9.17) is 4.74 Å². The molecule has 0 unspecified atom stereocenters. The minimum atomic E-state index is -4.51. The second-order valence-electron chi connectivity index (χ2n) is 6.03. The fourth-order valence-corrected chi connectivity index (χ4v) is 2.39. The molecule has 2 amide bonds. The summed E-state index contributed by atoms with van der Waals surface area (Å²) in [6.07, 6.45) is -1.58. The summed E-state index contributed by atoms with van der Waals surface area (Å²) in [6.45, 7) is -0.850. The highest BCUT2D eigenvalue weighted by Crippen LogP contribution is 2.31. The minimum Gasteiger partial charge on any atom is -0.484 e. The zero-order valence-corrected chi connectivity index (χ0v) is 15.4. The van der Waals surface area contributed by atoms with Crippen LogP contribution in [0.25, 0.3) is 5.69 Å². The Labute approximate surface area is 168 Å². The van der Waals surface area contributed by atoms with E-state index in [1.54, 1.807) is 28.9 Å². The molecule has 156 valence electrons. The molecule has 2 aromatic carbocycles. The number of aromatic nitrogens is 3. The molecule has 2 N–H and O–H groups in total. The normalized spacial score (nSPS) is 11.0. The van der Waals surface area contributed by atoms with Crippen LogP contribution in [-0.4, -0.2) is 39.7 Å². The van der Waals surface area contributed by atoms with Gasteiger partial charge in [-0.1, -0.05) is 6.07 Å². The Balaban J connectivity index is 1.43. The predicted molar refractivity (Wildman–Crippen MR) is 99.9 cm³/mol. The summed E-state index contributed by atoms with van der Waals surface area (Å²) in [6, 6.07) is 11.0. The van der Waals surface area contributed by atoms with Crippen LogP contribution in [0, 0.1) is 0 Å². The zero-order chi connectivity index (χ0) is 21.6. The van der Waals surface area contributed by atoms with Gasteiger partial charge in [0.1, 0.15) is 18.4 Å². The monoisotopic (exact) mass is 419 g/mol. The minimum absolute atomic E-state index is 0.100. The van der Waals surface area contributed by atoms with Crippen molar-refractivity contribution >= 4 is 17.5 Å². The van der Waals surface area contributed by atoms with Gasteiger partial charge in [-0.2, -0.15) is 18.3 Å². The van der Waals surface area contributed by atoms with Crippen molar-refractivity contribution in [3.05, 3.63) is 66.7 Å². The molecule has 1 heterocycles. The third kappa shape index (κ3) is 5.80. The van der Waals surface area contributed by atoms with Crippen molar-refractivity contribution in [2.75, 3.05) is 18.5 Å². The lowest BCUT2D eigenvalue weighted by molar-refractivity contribution is -0.137. The number of hydrogen-bond acceptors (Lipinski definition) is 5. The van der Waals surface area contributed by atoms with Gasteiger partial charge in [-0.3, -0.25) is 9.59 Å². The number of benzene rings is 2. The van der Waals surface area contributed by atoms with E-state index >= 15 is 0 Å². The van der Waals surface area contributed by atoms with Gasteiger partial charge in [-0.25, -0.2) is 9.67 Å². The number of alkyl halides is 3. The molecule has 0 saturated carbocycles. The molecule has 1 aromatic heterocycles. The fourth-order valence-electron chi connectivity index (χ4n) is 2.39. The molecule has 0 fully saturated rings. The van der Waals surface area contributed by atoms with Gasteiger partial charge in [0, 0.05) is 5.69 Å². The molecule has 0 aliphatic heterocycles. The number of anilines is 1. The van der Waals surface area contributed by atoms with Crippen LogP contribution in [0.15, 0.2) is 61.2 Å². The number of carbonyl (C=O) groups excluding carboxylic acids is 2. The topological polar surface area (TPSA) is 98.1 Å². The van der Waals surface area contributed by atoms with E-state index < -0.39 is 30.2 Å². The SMILES string of the molecule is O=C(COc1cccc(C(F)(F)F)c1)NCC(=O)Nc1ccc(-n2cncn2)cc1. The lowest BCUT2D eigenvalue weighted by atomic mass is 10.2. The maximum absolute atomic E-state index is 12.7. The molecule has 3 aromatic rings. The number of carbonyl (C=O) groups is 2. The molecule has 11 heteroatoms. The van der Waals surface area contributed by atoms with E-state index in [0.717, 1.165) is 17.8 Å². The smallest absolute Gasteiger partial charge is 0.416 e. The Kier molecular flexibility index (Phi) is 6.30. The van der Waals surface area contributed by atoms with Crippen LogP contribution in [0.3, 0.4) is 0 Å². The molecule has 8 nitrogen and oxygen atoms in total. The van der Waals surface area contributed by atoms with Crippen molar-refractivity contribution in [3.63, 3.8) is 0 Å². The number of nitrogens with zero attached hydrogens (tertiary/aromatic N) is 3. The van der Waals surface area contributed by atoms with Gasteiger partial charge < -0.3 is 15.4 Å². The first-order chi connectivity index (χ1) is 14.3. The lowest BCUT2D eigenvalue weighted by Crippen LogP contribution is -2.35. The van der Waals surface area contributed by atoms with Crippen molar-refractivity contribution in [2.24, 2.45) is 0 Å². The molecule has 30 heavy (non-hydrogen) atoms. The first kappa shape index (κ1) is 20.8. The van der Waals surface area contributed by atoms with Gasteiger partial charge in [0.2, 0.25) is 5.91 Å². The molecule has 0 spiro atoms. The largest absolute Gasteiger partial charge is 0.484 e. The van der Waals surface area contributed by atoms with Crippen LogP contribution in [-0.2, 0) is 15.8 Å². The highest BCUT2D eigenvalue weighted by atomic mass is 19.4. The number of halogens is 3. The van der Waals surface area contributed by atoms with E-state index in [9.17, 15) is 22.8 Å². The Morgan fingerprint density at radius 1 is 1.07 bits per heavy atom. The molecule has 0 bridgehead atoms. The van der Waals surface area contributed by atoms with Crippen molar-refractivity contribution in [3.8, 4) is 11.4 Å². The second kappa shape index (κ2) is 9.07. The Bertz CT molecular complexity index is 1010. The van der Waals surface area contributed by atoms with Crippen LogP contribution in [0.2, 0.25) is 0 Å². The average Bonchev–Trinajstić information content (AvgIpc) is 3.26. The third-order valence-electron chi connectivity index (χ3n) is 3.81. The summed E-state index contributed by atoms with van der Waals surface area (Å²) < 4.78 is 44.6. The summed E-state index contributed by atoms with van der Waals surface area (Å²) in [5, 5.41) is 8.92. The van der Waals surface area contributed by atoms with E-state index in [-0.39, 0.29) is 12.3 Å².